The van der Waals surface area contributed by atoms with Crippen molar-refractivity contribution in [3.05, 3.63) is 22.7 Å². The molecule has 0 unspecified atom stereocenters. The second-order valence-corrected chi connectivity index (χ2v) is 8.20. The molecule has 0 saturated carbocycles. The Bertz CT molecular complexity index is 822. The van der Waals surface area contributed by atoms with Gasteiger partial charge in [-0.05, 0) is 37.5 Å². The van der Waals surface area contributed by atoms with Crippen LogP contribution in [-0.4, -0.2) is 74.1 Å². The molecule has 0 aliphatic carbocycles. The van der Waals surface area contributed by atoms with Crippen molar-refractivity contribution in [1.82, 2.24) is 9.80 Å². The fraction of sp³-hybridized carbons (Fsp3) is 0.591. The average molecular weight is 453 g/mol. The molecule has 0 radical (unpaired) electrons. The summed E-state index contributed by atoms with van der Waals surface area (Å²) in [5.41, 5.74) is 0.703. The number of ether oxygens (including phenoxy) is 3. The van der Waals surface area contributed by atoms with Gasteiger partial charge >= 0.3 is 5.97 Å². The zero-order valence-electron chi connectivity index (χ0n) is 18.0. The molecule has 2 aliphatic rings. The molecule has 2 amide bonds. The molecular weight excluding hydrogens is 424 g/mol. The van der Waals surface area contributed by atoms with Gasteiger partial charge in [-0.1, -0.05) is 11.6 Å². The third kappa shape index (κ3) is 6.03. The van der Waals surface area contributed by atoms with Crippen molar-refractivity contribution >= 4 is 29.4 Å². The molecule has 0 N–H and O–H groups in total. The summed E-state index contributed by atoms with van der Waals surface area (Å²) in [6, 6.07) is 3.46. The Kier molecular flexibility index (Phi) is 8.01. The van der Waals surface area contributed by atoms with Crippen molar-refractivity contribution in [2.24, 2.45) is 5.92 Å². The number of carbonyl (C=O) groups excluding carboxylic acids is 3. The molecule has 9 heteroatoms. The standard InChI is InChI=1S/C22H29ClN2O6/c1-3-29-22(28)16-5-7-25(8-6-16)20(27)14-24(2)19(26)13-15-11-17(23)21-18(12-15)30-9-4-10-31-21/h11-12,16H,3-10,13-14H2,1-2H3. The number of hydrogen-bond donors (Lipinski definition) is 0. The van der Waals surface area contributed by atoms with Crippen LogP contribution in [0.5, 0.6) is 11.5 Å². The van der Waals surface area contributed by atoms with Gasteiger partial charge in [0, 0.05) is 26.6 Å². The lowest BCUT2D eigenvalue weighted by atomic mass is 9.97. The van der Waals surface area contributed by atoms with E-state index in [2.05, 4.69) is 0 Å². The Morgan fingerprint density at radius 1 is 1.19 bits per heavy atom. The lowest BCUT2D eigenvalue weighted by Gasteiger charge is -2.32. The number of esters is 1. The van der Waals surface area contributed by atoms with Crippen LogP contribution in [0.4, 0.5) is 0 Å². The molecule has 3 rings (SSSR count). The van der Waals surface area contributed by atoms with E-state index in [1.54, 1.807) is 31.0 Å². The number of likely N-dealkylation sites (N-methyl/N-ethyl adjacent to an activating group) is 1. The zero-order chi connectivity index (χ0) is 22.4. The highest BCUT2D eigenvalue weighted by Crippen LogP contribution is 2.38. The second-order valence-electron chi connectivity index (χ2n) is 7.79. The van der Waals surface area contributed by atoms with E-state index in [0.717, 1.165) is 6.42 Å². The molecule has 1 fully saturated rings. The van der Waals surface area contributed by atoms with E-state index in [4.69, 9.17) is 25.8 Å². The minimum Gasteiger partial charge on any atom is -0.489 e. The number of nitrogens with zero attached hydrogens (tertiary/aromatic N) is 2. The fourth-order valence-corrected chi connectivity index (χ4v) is 4.00. The van der Waals surface area contributed by atoms with Gasteiger partial charge in [-0.25, -0.2) is 0 Å². The monoisotopic (exact) mass is 452 g/mol. The molecule has 0 aromatic heterocycles. The van der Waals surface area contributed by atoms with Crippen LogP contribution in [0, 0.1) is 5.92 Å². The Morgan fingerprint density at radius 2 is 1.90 bits per heavy atom. The van der Waals surface area contributed by atoms with Crippen LogP contribution < -0.4 is 9.47 Å². The van der Waals surface area contributed by atoms with Crippen LogP contribution in [0.2, 0.25) is 5.02 Å². The van der Waals surface area contributed by atoms with Crippen LogP contribution in [0.15, 0.2) is 12.1 Å². The second kappa shape index (κ2) is 10.7. The number of benzene rings is 1. The number of carbonyl (C=O) groups is 3. The Morgan fingerprint density at radius 3 is 2.61 bits per heavy atom. The number of hydrogen-bond acceptors (Lipinski definition) is 6. The Hall–Kier alpha value is -2.48. The Labute approximate surface area is 187 Å². The molecule has 8 nitrogen and oxygen atoms in total. The van der Waals surface area contributed by atoms with Crippen LogP contribution in [0.3, 0.4) is 0 Å². The smallest absolute Gasteiger partial charge is 0.309 e. The summed E-state index contributed by atoms with van der Waals surface area (Å²) in [5, 5.41) is 0.408. The zero-order valence-corrected chi connectivity index (χ0v) is 18.8. The number of halogens is 1. The third-order valence-electron chi connectivity index (χ3n) is 5.48. The van der Waals surface area contributed by atoms with Gasteiger partial charge in [0.2, 0.25) is 11.8 Å². The summed E-state index contributed by atoms with van der Waals surface area (Å²) in [6.07, 6.45) is 2.03. The third-order valence-corrected chi connectivity index (χ3v) is 5.76. The van der Waals surface area contributed by atoms with E-state index in [0.29, 0.717) is 67.8 Å². The highest BCUT2D eigenvalue weighted by Gasteiger charge is 2.29. The Balaban J connectivity index is 1.52. The van der Waals surface area contributed by atoms with E-state index in [1.807, 2.05) is 0 Å². The molecular formula is C22H29ClN2O6. The molecule has 31 heavy (non-hydrogen) atoms. The topological polar surface area (TPSA) is 85.4 Å². The van der Waals surface area contributed by atoms with Gasteiger partial charge in [0.1, 0.15) is 0 Å². The number of amides is 2. The summed E-state index contributed by atoms with van der Waals surface area (Å²) < 4.78 is 16.3. The SMILES string of the molecule is CCOC(=O)C1CCN(C(=O)CN(C)C(=O)Cc2cc(Cl)c3c(c2)OCCCO3)CC1. The van der Waals surface area contributed by atoms with Gasteiger partial charge in [-0.3, -0.25) is 14.4 Å². The van der Waals surface area contributed by atoms with Crippen molar-refractivity contribution in [2.45, 2.75) is 32.6 Å². The van der Waals surface area contributed by atoms with Crippen molar-refractivity contribution in [3.8, 4) is 11.5 Å². The first-order valence-corrected chi connectivity index (χ1v) is 11.0. The first-order valence-electron chi connectivity index (χ1n) is 10.7. The summed E-state index contributed by atoms with van der Waals surface area (Å²) >= 11 is 6.30. The molecule has 1 aromatic rings. The quantitative estimate of drug-likeness (QED) is 0.616. The van der Waals surface area contributed by atoms with Gasteiger partial charge < -0.3 is 24.0 Å². The first-order chi connectivity index (χ1) is 14.9. The van der Waals surface area contributed by atoms with Gasteiger partial charge in [-0.15, -0.1) is 0 Å². The van der Waals surface area contributed by atoms with E-state index in [-0.39, 0.29) is 36.7 Å². The minimum atomic E-state index is -0.198. The van der Waals surface area contributed by atoms with Crippen molar-refractivity contribution in [2.75, 3.05) is 46.5 Å². The normalized spacial score (nSPS) is 16.4. The summed E-state index contributed by atoms with van der Waals surface area (Å²) in [5.74, 6) is 0.361. The van der Waals surface area contributed by atoms with Crippen molar-refractivity contribution < 1.29 is 28.6 Å². The molecule has 170 valence electrons. The maximum atomic E-state index is 12.7. The van der Waals surface area contributed by atoms with Crippen LogP contribution in [-0.2, 0) is 25.5 Å². The predicted molar refractivity (Wildman–Crippen MR) is 114 cm³/mol. The first kappa shape index (κ1) is 23.2. The van der Waals surface area contributed by atoms with Gasteiger partial charge in [0.05, 0.1) is 43.7 Å². The predicted octanol–water partition coefficient (Wildman–Crippen LogP) is 2.30. The molecule has 0 atom stereocenters. The number of piperidine rings is 1. The summed E-state index contributed by atoms with van der Waals surface area (Å²) in [6.45, 7) is 4.17. The summed E-state index contributed by atoms with van der Waals surface area (Å²) in [7, 11) is 1.61. The van der Waals surface area contributed by atoms with E-state index in [9.17, 15) is 14.4 Å². The average Bonchev–Trinajstić information content (AvgIpc) is 3.00. The van der Waals surface area contributed by atoms with Crippen LogP contribution >= 0.6 is 11.6 Å². The maximum absolute atomic E-state index is 12.7. The highest BCUT2D eigenvalue weighted by atomic mass is 35.5. The van der Waals surface area contributed by atoms with Crippen molar-refractivity contribution in [3.63, 3.8) is 0 Å². The van der Waals surface area contributed by atoms with E-state index >= 15 is 0 Å². The maximum Gasteiger partial charge on any atom is 0.309 e. The van der Waals surface area contributed by atoms with Crippen LogP contribution in [0.1, 0.15) is 31.7 Å². The molecule has 2 aliphatic heterocycles. The minimum absolute atomic E-state index is 0.0127. The largest absolute Gasteiger partial charge is 0.489 e. The lowest BCUT2D eigenvalue weighted by molar-refractivity contribution is -0.151. The van der Waals surface area contributed by atoms with Crippen LogP contribution in [0.25, 0.3) is 0 Å². The molecule has 0 bridgehead atoms. The number of fused-ring (bicyclic) bond motifs is 1. The van der Waals surface area contributed by atoms with Gasteiger partial charge in [0.25, 0.3) is 0 Å². The van der Waals surface area contributed by atoms with Gasteiger partial charge in [0.15, 0.2) is 11.5 Å². The van der Waals surface area contributed by atoms with Gasteiger partial charge in [-0.2, -0.15) is 0 Å². The highest BCUT2D eigenvalue weighted by molar-refractivity contribution is 6.32. The van der Waals surface area contributed by atoms with E-state index in [1.165, 1.54) is 4.90 Å². The fourth-order valence-electron chi connectivity index (χ4n) is 3.71. The number of rotatable bonds is 6. The molecule has 1 aromatic carbocycles. The number of likely N-dealkylation sites (tertiary alicyclic amines) is 1. The lowest BCUT2D eigenvalue weighted by Crippen LogP contribution is -2.45. The molecule has 2 heterocycles. The molecule has 0 spiro atoms. The van der Waals surface area contributed by atoms with E-state index < -0.39 is 0 Å². The van der Waals surface area contributed by atoms with Crippen molar-refractivity contribution in [1.29, 1.82) is 0 Å². The summed E-state index contributed by atoms with van der Waals surface area (Å²) in [4.78, 5) is 40.2. The molecule has 1 saturated heterocycles.